The zero-order chi connectivity index (χ0) is 18.8. The van der Waals surface area contributed by atoms with Gasteiger partial charge >= 0.3 is 0 Å². The third-order valence-corrected chi connectivity index (χ3v) is 4.92. The van der Waals surface area contributed by atoms with E-state index in [0.29, 0.717) is 24.7 Å². The molecule has 4 rings (SSSR count). The van der Waals surface area contributed by atoms with E-state index in [1.54, 1.807) is 12.0 Å². The van der Waals surface area contributed by atoms with Gasteiger partial charge in [-0.1, -0.05) is 24.2 Å². The van der Waals surface area contributed by atoms with Crippen LogP contribution < -0.4 is 9.64 Å². The molecule has 6 nitrogen and oxygen atoms in total. The average molecular weight is 363 g/mol. The van der Waals surface area contributed by atoms with Crippen molar-refractivity contribution in [2.24, 2.45) is 0 Å². The van der Waals surface area contributed by atoms with Crippen molar-refractivity contribution >= 4 is 11.6 Å². The highest BCUT2D eigenvalue weighted by Crippen LogP contribution is 2.32. The minimum absolute atomic E-state index is 0.0773. The molecule has 3 aromatic rings. The minimum atomic E-state index is -0.0946. The zero-order valence-corrected chi connectivity index (χ0v) is 15.4. The molecule has 0 unspecified atom stereocenters. The standard InChI is InChI=1S/C21H21N3O3/c1-3-14-4-8-17(9-5-14)24-13-16(12-19(24)25)21-22-20(23-27-21)15-6-10-18(26-2)11-7-15/h4-11,16H,3,12-13H2,1-2H3/t16-/m1/s1. The van der Waals surface area contributed by atoms with Crippen LogP contribution >= 0.6 is 0 Å². The normalized spacial score (nSPS) is 16.7. The van der Waals surface area contributed by atoms with Crippen molar-refractivity contribution < 1.29 is 14.1 Å². The Balaban J connectivity index is 1.51. The number of anilines is 1. The van der Waals surface area contributed by atoms with Crippen LogP contribution in [0.15, 0.2) is 53.1 Å². The number of aryl methyl sites for hydroxylation is 1. The van der Waals surface area contributed by atoms with Gasteiger partial charge in [0.2, 0.25) is 17.6 Å². The summed E-state index contributed by atoms with van der Waals surface area (Å²) in [4.78, 5) is 18.8. The summed E-state index contributed by atoms with van der Waals surface area (Å²) in [5.74, 6) is 1.78. The third-order valence-electron chi connectivity index (χ3n) is 4.92. The topological polar surface area (TPSA) is 68.5 Å². The van der Waals surface area contributed by atoms with Crippen molar-refractivity contribution in [2.45, 2.75) is 25.7 Å². The summed E-state index contributed by atoms with van der Waals surface area (Å²) in [7, 11) is 1.63. The molecule has 1 atom stereocenters. The van der Waals surface area contributed by atoms with E-state index in [2.05, 4.69) is 29.2 Å². The van der Waals surface area contributed by atoms with Gasteiger partial charge in [0.1, 0.15) is 5.75 Å². The highest BCUT2D eigenvalue weighted by Gasteiger charge is 2.35. The van der Waals surface area contributed by atoms with Gasteiger partial charge in [-0.05, 0) is 48.4 Å². The summed E-state index contributed by atoms with van der Waals surface area (Å²) in [5, 5.41) is 4.08. The lowest BCUT2D eigenvalue weighted by molar-refractivity contribution is -0.117. The molecule has 0 N–H and O–H groups in total. The van der Waals surface area contributed by atoms with Crippen LogP contribution in [0.1, 0.15) is 30.7 Å². The van der Waals surface area contributed by atoms with Gasteiger partial charge in [-0.15, -0.1) is 0 Å². The Bertz CT molecular complexity index is 932. The van der Waals surface area contributed by atoms with Crippen LogP contribution in [-0.2, 0) is 11.2 Å². The van der Waals surface area contributed by atoms with Gasteiger partial charge in [-0.2, -0.15) is 4.98 Å². The number of nitrogens with zero attached hydrogens (tertiary/aromatic N) is 3. The second kappa shape index (κ2) is 7.23. The molecule has 0 bridgehead atoms. The van der Waals surface area contributed by atoms with Crippen molar-refractivity contribution in [3.63, 3.8) is 0 Å². The van der Waals surface area contributed by atoms with Crippen molar-refractivity contribution in [2.75, 3.05) is 18.6 Å². The van der Waals surface area contributed by atoms with Crippen LogP contribution in [0.2, 0.25) is 0 Å². The van der Waals surface area contributed by atoms with Crippen molar-refractivity contribution in [3.05, 3.63) is 60.0 Å². The molecule has 1 fully saturated rings. The van der Waals surface area contributed by atoms with Crippen molar-refractivity contribution in [3.8, 4) is 17.1 Å². The second-order valence-corrected chi connectivity index (χ2v) is 6.61. The number of hydrogen-bond donors (Lipinski definition) is 0. The summed E-state index contributed by atoms with van der Waals surface area (Å²) in [5.41, 5.74) is 3.01. The number of ether oxygens (including phenoxy) is 1. The second-order valence-electron chi connectivity index (χ2n) is 6.61. The molecule has 1 amide bonds. The summed E-state index contributed by atoms with van der Waals surface area (Å²) in [6, 6.07) is 15.6. The molecule has 6 heteroatoms. The molecule has 27 heavy (non-hydrogen) atoms. The van der Waals surface area contributed by atoms with Crippen LogP contribution in [-0.4, -0.2) is 29.7 Å². The Labute approximate surface area is 157 Å². The van der Waals surface area contributed by atoms with Gasteiger partial charge in [0.05, 0.1) is 13.0 Å². The van der Waals surface area contributed by atoms with E-state index >= 15 is 0 Å². The maximum absolute atomic E-state index is 12.5. The number of hydrogen-bond acceptors (Lipinski definition) is 5. The van der Waals surface area contributed by atoms with Crippen molar-refractivity contribution in [1.29, 1.82) is 0 Å². The largest absolute Gasteiger partial charge is 0.497 e. The summed E-state index contributed by atoms with van der Waals surface area (Å²) >= 11 is 0. The molecule has 2 aromatic carbocycles. The molecule has 2 heterocycles. The molecule has 1 saturated heterocycles. The average Bonchev–Trinajstić information content (AvgIpc) is 3.35. The van der Waals surface area contributed by atoms with E-state index < -0.39 is 0 Å². The van der Waals surface area contributed by atoms with Crippen LogP contribution in [0, 0.1) is 0 Å². The van der Waals surface area contributed by atoms with Gasteiger partial charge in [-0.3, -0.25) is 4.79 Å². The quantitative estimate of drug-likeness (QED) is 0.689. The number of benzene rings is 2. The Morgan fingerprint density at radius 2 is 1.89 bits per heavy atom. The number of rotatable bonds is 5. The van der Waals surface area contributed by atoms with E-state index in [4.69, 9.17) is 9.26 Å². The number of methoxy groups -OCH3 is 1. The van der Waals surface area contributed by atoms with Gasteiger partial charge in [0.25, 0.3) is 0 Å². The molecule has 0 saturated carbocycles. The molecule has 1 aliphatic heterocycles. The Hall–Kier alpha value is -3.15. The highest BCUT2D eigenvalue weighted by atomic mass is 16.5. The monoisotopic (exact) mass is 363 g/mol. The van der Waals surface area contributed by atoms with Crippen LogP contribution in [0.5, 0.6) is 5.75 Å². The van der Waals surface area contributed by atoms with Crippen LogP contribution in [0.4, 0.5) is 5.69 Å². The Morgan fingerprint density at radius 1 is 1.15 bits per heavy atom. The minimum Gasteiger partial charge on any atom is -0.497 e. The predicted molar refractivity (Wildman–Crippen MR) is 102 cm³/mol. The van der Waals surface area contributed by atoms with E-state index in [-0.39, 0.29) is 11.8 Å². The molecular weight excluding hydrogens is 342 g/mol. The number of carbonyl (C=O) groups is 1. The van der Waals surface area contributed by atoms with E-state index in [1.807, 2.05) is 36.4 Å². The predicted octanol–water partition coefficient (Wildman–Crippen LogP) is 3.83. The first-order chi connectivity index (χ1) is 13.2. The molecule has 0 aliphatic carbocycles. The fourth-order valence-electron chi connectivity index (χ4n) is 3.29. The fourth-order valence-corrected chi connectivity index (χ4v) is 3.29. The zero-order valence-electron chi connectivity index (χ0n) is 15.4. The first kappa shape index (κ1) is 17.3. The molecular formula is C21H21N3O3. The molecule has 0 radical (unpaired) electrons. The maximum atomic E-state index is 12.5. The number of carbonyl (C=O) groups excluding carboxylic acids is 1. The van der Waals surface area contributed by atoms with Crippen LogP contribution in [0.3, 0.4) is 0 Å². The maximum Gasteiger partial charge on any atom is 0.232 e. The van der Waals surface area contributed by atoms with Crippen molar-refractivity contribution in [1.82, 2.24) is 10.1 Å². The van der Waals surface area contributed by atoms with E-state index in [0.717, 1.165) is 23.4 Å². The highest BCUT2D eigenvalue weighted by molar-refractivity contribution is 5.96. The summed E-state index contributed by atoms with van der Waals surface area (Å²) < 4.78 is 10.6. The SMILES string of the molecule is CCc1ccc(N2C[C@H](c3nc(-c4ccc(OC)cc4)no3)CC2=O)cc1. The number of aromatic nitrogens is 2. The lowest BCUT2D eigenvalue weighted by Crippen LogP contribution is -2.24. The third kappa shape index (κ3) is 3.43. The molecule has 1 aromatic heterocycles. The molecule has 0 spiro atoms. The summed E-state index contributed by atoms with van der Waals surface area (Å²) in [6.07, 6.45) is 1.35. The van der Waals surface area contributed by atoms with Gasteiger partial charge in [-0.25, -0.2) is 0 Å². The van der Waals surface area contributed by atoms with Gasteiger partial charge in [0, 0.05) is 24.2 Å². The summed E-state index contributed by atoms with van der Waals surface area (Å²) in [6.45, 7) is 2.66. The first-order valence-electron chi connectivity index (χ1n) is 9.05. The lowest BCUT2D eigenvalue weighted by Gasteiger charge is -2.16. The van der Waals surface area contributed by atoms with Gasteiger partial charge in [0.15, 0.2) is 0 Å². The Kier molecular flexibility index (Phi) is 4.62. The van der Waals surface area contributed by atoms with E-state index in [1.165, 1.54) is 5.56 Å². The van der Waals surface area contributed by atoms with E-state index in [9.17, 15) is 4.79 Å². The molecule has 1 aliphatic rings. The van der Waals surface area contributed by atoms with Crippen LogP contribution in [0.25, 0.3) is 11.4 Å². The Morgan fingerprint density at radius 3 is 2.56 bits per heavy atom. The van der Waals surface area contributed by atoms with Gasteiger partial charge < -0.3 is 14.2 Å². The fraction of sp³-hybridized carbons (Fsp3) is 0.286. The molecule has 138 valence electrons. The smallest absolute Gasteiger partial charge is 0.232 e. The first-order valence-corrected chi connectivity index (χ1v) is 9.05. The number of amides is 1. The lowest BCUT2D eigenvalue weighted by atomic mass is 10.1.